The van der Waals surface area contributed by atoms with Crippen LogP contribution in [0.2, 0.25) is 0 Å². The summed E-state index contributed by atoms with van der Waals surface area (Å²) in [5.41, 5.74) is 12.0. The van der Waals surface area contributed by atoms with Gasteiger partial charge in [-0.2, -0.15) is 0 Å². The second-order valence-electron chi connectivity index (χ2n) is 9.83. The molecule has 0 saturated carbocycles. The van der Waals surface area contributed by atoms with Crippen molar-refractivity contribution in [2.24, 2.45) is 11.5 Å². The van der Waals surface area contributed by atoms with E-state index in [4.69, 9.17) is 11.5 Å². The Kier molecular flexibility index (Phi) is 14.1. The summed E-state index contributed by atoms with van der Waals surface area (Å²) in [7, 11) is 0. The second kappa shape index (κ2) is 17.7. The van der Waals surface area contributed by atoms with Crippen LogP contribution < -0.4 is 38.1 Å². The summed E-state index contributed by atoms with van der Waals surface area (Å²) in [6, 6.07) is 12.1. The van der Waals surface area contributed by atoms with Gasteiger partial charge >= 0.3 is 6.03 Å². The number of urea groups is 1. The van der Waals surface area contributed by atoms with Gasteiger partial charge in [0.2, 0.25) is 29.5 Å². The van der Waals surface area contributed by atoms with Crippen molar-refractivity contribution in [1.82, 2.24) is 26.6 Å². The normalized spacial score (nSPS) is 13.3. The Hall–Kier alpha value is -4.98. The molecule has 14 nitrogen and oxygen atoms in total. The standard InChI is InChI=1S/C29H39N7O7/c1-18(38)33-24(17-37)28(42)36-23(16-20-11-6-3-7-12-20)27(41)35-22(15-19-9-4-2-5-10-19)26(40)34-21(25(30)39)13-8-14-32-29(31)43/h2-7,9-12,21-24,37H,8,13-17H2,1H3,(H2,30,39)(H,33,38)(H,34,40)(H,35,41)(H,36,42)(H3,31,32,43)/t21-,22-,23-,24-/m0/s1. The van der Waals surface area contributed by atoms with E-state index in [1.807, 2.05) is 0 Å². The highest BCUT2D eigenvalue weighted by atomic mass is 16.3. The van der Waals surface area contributed by atoms with Gasteiger partial charge < -0.3 is 43.2 Å². The fourth-order valence-electron chi connectivity index (χ4n) is 4.18. The summed E-state index contributed by atoms with van der Waals surface area (Å²) in [6.45, 7) is 0.644. The predicted octanol–water partition coefficient (Wildman–Crippen LogP) is -1.64. The van der Waals surface area contributed by atoms with Crippen LogP contribution in [0.1, 0.15) is 30.9 Å². The first kappa shape index (κ1) is 34.2. The molecule has 0 aromatic heterocycles. The average Bonchev–Trinajstić information content (AvgIpc) is 2.97. The van der Waals surface area contributed by atoms with Gasteiger partial charge in [0.15, 0.2) is 0 Å². The zero-order chi connectivity index (χ0) is 31.8. The molecule has 2 rings (SSSR count). The van der Waals surface area contributed by atoms with Crippen LogP contribution in [0.5, 0.6) is 0 Å². The molecule has 0 heterocycles. The number of aliphatic hydroxyl groups excluding tert-OH is 1. The lowest BCUT2D eigenvalue weighted by molar-refractivity contribution is -0.134. The highest BCUT2D eigenvalue weighted by Crippen LogP contribution is 2.08. The number of primary amides is 2. The largest absolute Gasteiger partial charge is 0.394 e. The van der Waals surface area contributed by atoms with Crippen molar-refractivity contribution in [3.63, 3.8) is 0 Å². The Morgan fingerprint density at radius 1 is 0.674 bits per heavy atom. The Bertz CT molecular complexity index is 1240. The highest BCUT2D eigenvalue weighted by Gasteiger charge is 2.31. The predicted molar refractivity (Wildman–Crippen MR) is 157 cm³/mol. The van der Waals surface area contributed by atoms with Crippen molar-refractivity contribution < 1.29 is 33.9 Å². The van der Waals surface area contributed by atoms with Crippen LogP contribution in [-0.2, 0) is 36.8 Å². The molecule has 10 N–H and O–H groups in total. The Morgan fingerprint density at radius 3 is 1.51 bits per heavy atom. The molecule has 2 aromatic carbocycles. The fraction of sp³-hybridized carbons (Fsp3) is 0.379. The second-order valence-corrected chi connectivity index (χ2v) is 9.83. The molecule has 14 heteroatoms. The van der Waals surface area contributed by atoms with Gasteiger partial charge in [-0.15, -0.1) is 0 Å². The number of rotatable bonds is 17. The first-order valence-corrected chi connectivity index (χ1v) is 13.7. The first-order valence-electron chi connectivity index (χ1n) is 13.7. The van der Waals surface area contributed by atoms with E-state index in [0.29, 0.717) is 11.1 Å². The molecule has 0 spiro atoms. The zero-order valence-corrected chi connectivity index (χ0v) is 23.9. The minimum atomic E-state index is -1.30. The number of benzene rings is 2. The van der Waals surface area contributed by atoms with E-state index < -0.39 is 66.3 Å². The number of nitrogens with two attached hydrogens (primary N) is 2. The topological polar surface area (TPSA) is 235 Å². The highest BCUT2D eigenvalue weighted by molar-refractivity contribution is 5.95. The van der Waals surface area contributed by atoms with Gasteiger partial charge in [-0.05, 0) is 24.0 Å². The lowest BCUT2D eigenvalue weighted by Crippen LogP contribution is -2.59. The van der Waals surface area contributed by atoms with Crippen molar-refractivity contribution >= 4 is 35.6 Å². The van der Waals surface area contributed by atoms with Gasteiger partial charge in [0.1, 0.15) is 24.2 Å². The SMILES string of the molecule is CC(=O)N[C@@H](CO)C(=O)N[C@@H](Cc1ccccc1)C(=O)N[C@@H](Cc1ccccc1)C(=O)N[C@@H](CCCNC(N)=O)C(N)=O. The molecule has 0 unspecified atom stereocenters. The molecule has 0 aliphatic heterocycles. The summed E-state index contributed by atoms with van der Waals surface area (Å²) in [6.07, 6.45) is 0.473. The number of aliphatic hydroxyl groups is 1. The number of carbonyl (C=O) groups is 6. The lowest BCUT2D eigenvalue weighted by atomic mass is 10.0. The molecule has 0 fully saturated rings. The quantitative estimate of drug-likeness (QED) is 0.0989. The van der Waals surface area contributed by atoms with Crippen molar-refractivity contribution in [3.05, 3.63) is 71.8 Å². The van der Waals surface area contributed by atoms with Crippen LogP contribution in [0.25, 0.3) is 0 Å². The van der Waals surface area contributed by atoms with Crippen LogP contribution in [0.4, 0.5) is 4.79 Å². The summed E-state index contributed by atoms with van der Waals surface area (Å²) in [4.78, 5) is 74.4. The number of carbonyl (C=O) groups excluding carboxylic acids is 6. The minimum Gasteiger partial charge on any atom is -0.394 e. The third-order valence-electron chi connectivity index (χ3n) is 6.34. The monoisotopic (exact) mass is 597 g/mol. The number of hydrogen-bond donors (Lipinski definition) is 8. The number of nitrogens with one attached hydrogen (secondary N) is 5. The van der Waals surface area contributed by atoms with Crippen molar-refractivity contribution in [2.45, 2.75) is 56.8 Å². The molecule has 43 heavy (non-hydrogen) atoms. The fourth-order valence-corrected chi connectivity index (χ4v) is 4.18. The van der Waals surface area contributed by atoms with Gasteiger partial charge in [-0.3, -0.25) is 24.0 Å². The minimum absolute atomic E-state index is 0.0348. The third-order valence-corrected chi connectivity index (χ3v) is 6.34. The van der Waals surface area contributed by atoms with Crippen LogP contribution in [0, 0.1) is 0 Å². The smallest absolute Gasteiger partial charge is 0.312 e. The van der Waals surface area contributed by atoms with Gasteiger partial charge in [-0.1, -0.05) is 60.7 Å². The van der Waals surface area contributed by atoms with E-state index in [1.165, 1.54) is 6.92 Å². The van der Waals surface area contributed by atoms with E-state index in [2.05, 4.69) is 26.6 Å². The summed E-state index contributed by atoms with van der Waals surface area (Å²) >= 11 is 0. The van der Waals surface area contributed by atoms with Crippen molar-refractivity contribution in [3.8, 4) is 0 Å². The van der Waals surface area contributed by atoms with Crippen molar-refractivity contribution in [1.29, 1.82) is 0 Å². The molecule has 0 aliphatic rings. The lowest BCUT2D eigenvalue weighted by Gasteiger charge is -2.26. The van der Waals surface area contributed by atoms with Crippen molar-refractivity contribution in [2.75, 3.05) is 13.2 Å². The Balaban J connectivity index is 2.28. The molecule has 0 aliphatic carbocycles. The molecule has 7 amide bonds. The average molecular weight is 598 g/mol. The van der Waals surface area contributed by atoms with Crippen LogP contribution >= 0.6 is 0 Å². The maximum Gasteiger partial charge on any atom is 0.312 e. The number of hydrogen-bond acceptors (Lipinski definition) is 7. The number of amides is 7. The molecule has 0 radical (unpaired) electrons. The zero-order valence-electron chi connectivity index (χ0n) is 23.9. The van der Waals surface area contributed by atoms with Gasteiger partial charge in [0.05, 0.1) is 6.61 Å². The van der Waals surface area contributed by atoms with Gasteiger partial charge in [-0.25, -0.2) is 4.79 Å². The van der Waals surface area contributed by atoms with E-state index in [9.17, 15) is 33.9 Å². The summed E-state index contributed by atoms with van der Waals surface area (Å²) in [5.74, 6) is -3.56. The Labute approximate surface area is 249 Å². The molecule has 4 atom stereocenters. The maximum atomic E-state index is 13.6. The molecule has 232 valence electrons. The first-order chi connectivity index (χ1) is 20.5. The van der Waals surface area contributed by atoms with Gasteiger partial charge in [0, 0.05) is 26.3 Å². The van der Waals surface area contributed by atoms with Gasteiger partial charge in [0.25, 0.3) is 0 Å². The Morgan fingerprint density at radius 2 is 1.12 bits per heavy atom. The molecule has 0 bridgehead atoms. The summed E-state index contributed by atoms with van der Waals surface area (Å²) in [5, 5.41) is 22.1. The third kappa shape index (κ3) is 12.6. The van der Waals surface area contributed by atoms with Crippen LogP contribution in [0.3, 0.4) is 0 Å². The van der Waals surface area contributed by atoms with E-state index in [0.717, 1.165) is 0 Å². The molecule has 2 aromatic rings. The van der Waals surface area contributed by atoms with E-state index >= 15 is 0 Å². The van der Waals surface area contributed by atoms with E-state index in [1.54, 1.807) is 60.7 Å². The van der Waals surface area contributed by atoms with Crippen LogP contribution in [-0.4, -0.2) is 78.0 Å². The molecular formula is C29H39N7O7. The van der Waals surface area contributed by atoms with E-state index in [-0.39, 0.29) is 32.2 Å². The maximum absolute atomic E-state index is 13.6. The van der Waals surface area contributed by atoms with Crippen LogP contribution in [0.15, 0.2) is 60.7 Å². The molecular weight excluding hydrogens is 558 g/mol. The summed E-state index contributed by atoms with van der Waals surface area (Å²) < 4.78 is 0. The molecule has 0 saturated heterocycles.